The quantitative estimate of drug-likeness (QED) is 0.391. The third-order valence-corrected chi connectivity index (χ3v) is 7.76. The maximum absolute atomic E-state index is 10.9. The van der Waals surface area contributed by atoms with E-state index in [1.807, 2.05) is 42.6 Å². The minimum Gasteiger partial charge on any atom is -0.494 e. The number of likely N-dealkylation sites (tertiary alicyclic amines) is 1. The van der Waals surface area contributed by atoms with Crippen LogP contribution in [-0.4, -0.2) is 53.2 Å². The molecule has 2 aromatic carbocycles. The van der Waals surface area contributed by atoms with Crippen molar-refractivity contribution in [2.24, 2.45) is 5.73 Å². The number of aryl methyl sites for hydroxylation is 2. The van der Waals surface area contributed by atoms with Crippen LogP contribution in [-0.2, 0) is 24.1 Å². The first kappa shape index (κ1) is 26.4. The number of carboxylic acid groups (broad SMARTS) is 1. The van der Waals surface area contributed by atoms with E-state index in [0.717, 1.165) is 73.8 Å². The molecule has 3 N–H and O–H groups in total. The molecule has 38 heavy (non-hydrogen) atoms. The number of fused-ring (bicyclic) bond motifs is 2. The number of carbonyl (C=O) groups is 1. The number of hydrogen-bond acceptors (Lipinski definition) is 5. The maximum atomic E-state index is 10.9. The third-order valence-electron chi connectivity index (χ3n) is 7.53. The number of ether oxygens (including phenoxy) is 1. The highest BCUT2D eigenvalue weighted by Gasteiger charge is 2.25. The number of nitrogens with two attached hydrogens (primary N) is 1. The van der Waals surface area contributed by atoms with Gasteiger partial charge in [0.15, 0.2) is 0 Å². The van der Waals surface area contributed by atoms with Crippen LogP contribution in [0.1, 0.15) is 47.2 Å². The Morgan fingerprint density at radius 1 is 1.05 bits per heavy atom. The van der Waals surface area contributed by atoms with E-state index in [-0.39, 0.29) is 0 Å². The first-order valence-electron chi connectivity index (χ1n) is 13.4. The molecule has 1 saturated heterocycles. The molecular formula is C31H34ClN3O3. The molecule has 1 aromatic heterocycles. The van der Waals surface area contributed by atoms with E-state index < -0.39 is 12.0 Å². The second kappa shape index (κ2) is 12.1. The van der Waals surface area contributed by atoms with Crippen molar-refractivity contribution in [3.05, 3.63) is 99.3 Å². The number of benzene rings is 2. The highest BCUT2D eigenvalue weighted by atomic mass is 35.5. The van der Waals surface area contributed by atoms with Gasteiger partial charge in [-0.3, -0.25) is 9.78 Å². The van der Waals surface area contributed by atoms with Gasteiger partial charge in [0.1, 0.15) is 11.8 Å². The zero-order chi connectivity index (χ0) is 26.5. The van der Waals surface area contributed by atoms with Crippen molar-refractivity contribution >= 4 is 23.1 Å². The number of rotatable bonds is 8. The van der Waals surface area contributed by atoms with Gasteiger partial charge >= 0.3 is 5.97 Å². The van der Waals surface area contributed by atoms with E-state index in [1.54, 1.807) is 0 Å². The molecule has 0 spiro atoms. The molecule has 3 aromatic rings. The zero-order valence-electron chi connectivity index (χ0n) is 21.5. The summed E-state index contributed by atoms with van der Waals surface area (Å²) in [5.41, 5.74) is 14.4. The highest BCUT2D eigenvalue weighted by Crippen LogP contribution is 2.38. The van der Waals surface area contributed by atoms with Crippen LogP contribution in [0, 0.1) is 0 Å². The lowest BCUT2D eigenvalue weighted by Crippen LogP contribution is -2.32. The van der Waals surface area contributed by atoms with Crippen molar-refractivity contribution in [1.82, 2.24) is 9.88 Å². The van der Waals surface area contributed by atoms with E-state index in [1.165, 1.54) is 27.8 Å². The van der Waals surface area contributed by atoms with Gasteiger partial charge in [-0.15, -0.1) is 0 Å². The van der Waals surface area contributed by atoms with Gasteiger partial charge in [-0.05, 0) is 91.1 Å². The monoisotopic (exact) mass is 531 g/mol. The minimum atomic E-state index is -0.989. The first-order chi connectivity index (χ1) is 18.5. The standard InChI is InChI=1S/C31H34ClN3O3/c32-25-8-11-27-24(20-25)7-6-23-3-1-14-34-30(23)29(27)22-12-16-35(17-13-22)15-2-18-38-26-9-4-21(5-10-26)19-28(33)31(36)37/h1,3-5,8-11,14,20,28H,2,6-7,12-13,15-19,33H2,(H,36,37)/t28-/m0/s1. The van der Waals surface area contributed by atoms with E-state index in [9.17, 15) is 4.79 Å². The van der Waals surface area contributed by atoms with Gasteiger partial charge in [0.25, 0.3) is 0 Å². The number of piperidine rings is 1. The van der Waals surface area contributed by atoms with Crippen LogP contribution in [0.15, 0.2) is 66.4 Å². The summed E-state index contributed by atoms with van der Waals surface area (Å²) in [5, 5.41) is 9.76. The van der Waals surface area contributed by atoms with Crippen molar-refractivity contribution in [3.63, 3.8) is 0 Å². The maximum Gasteiger partial charge on any atom is 0.320 e. The fourth-order valence-electron chi connectivity index (χ4n) is 5.47. The molecule has 0 bridgehead atoms. The average molecular weight is 532 g/mol. The van der Waals surface area contributed by atoms with E-state index in [2.05, 4.69) is 23.1 Å². The predicted octanol–water partition coefficient (Wildman–Crippen LogP) is 5.15. The van der Waals surface area contributed by atoms with Gasteiger partial charge in [-0.25, -0.2) is 0 Å². The summed E-state index contributed by atoms with van der Waals surface area (Å²) in [6, 6.07) is 17.2. The fraction of sp³-hybridized carbons (Fsp3) is 0.355. The summed E-state index contributed by atoms with van der Waals surface area (Å²) < 4.78 is 5.92. The van der Waals surface area contributed by atoms with Crippen LogP contribution in [0.3, 0.4) is 0 Å². The number of aromatic nitrogens is 1. The van der Waals surface area contributed by atoms with Crippen LogP contribution >= 0.6 is 11.6 Å². The molecular weight excluding hydrogens is 498 g/mol. The van der Waals surface area contributed by atoms with Gasteiger partial charge in [0.05, 0.1) is 12.3 Å². The number of hydrogen-bond donors (Lipinski definition) is 2. The lowest BCUT2D eigenvalue weighted by atomic mass is 9.88. The van der Waals surface area contributed by atoms with Crippen molar-refractivity contribution in [1.29, 1.82) is 0 Å². The molecule has 0 unspecified atom stereocenters. The molecule has 0 radical (unpaired) electrons. The molecule has 198 valence electrons. The summed E-state index contributed by atoms with van der Waals surface area (Å²) in [5.74, 6) is -0.196. The number of pyridine rings is 1. The molecule has 1 aliphatic heterocycles. The molecule has 5 rings (SSSR count). The van der Waals surface area contributed by atoms with Crippen LogP contribution < -0.4 is 10.5 Å². The average Bonchev–Trinajstić information content (AvgIpc) is 3.09. The van der Waals surface area contributed by atoms with Crippen LogP contribution in [0.25, 0.3) is 5.57 Å². The Balaban J connectivity index is 1.17. The molecule has 2 heterocycles. The van der Waals surface area contributed by atoms with Gasteiger partial charge in [-0.2, -0.15) is 0 Å². The zero-order valence-corrected chi connectivity index (χ0v) is 22.3. The van der Waals surface area contributed by atoms with Gasteiger partial charge in [-0.1, -0.05) is 41.4 Å². The van der Waals surface area contributed by atoms with Gasteiger partial charge in [0, 0.05) is 36.4 Å². The van der Waals surface area contributed by atoms with Gasteiger partial charge in [0.2, 0.25) is 0 Å². The van der Waals surface area contributed by atoms with E-state index in [0.29, 0.717) is 13.0 Å². The topological polar surface area (TPSA) is 88.7 Å². The molecule has 1 atom stereocenters. The summed E-state index contributed by atoms with van der Waals surface area (Å²) >= 11 is 6.36. The smallest absolute Gasteiger partial charge is 0.320 e. The van der Waals surface area contributed by atoms with Crippen molar-refractivity contribution in [2.75, 3.05) is 26.2 Å². The van der Waals surface area contributed by atoms with Crippen LogP contribution in [0.2, 0.25) is 5.02 Å². The largest absolute Gasteiger partial charge is 0.494 e. The second-order valence-corrected chi connectivity index (χ2v) is 10.6. The Labute approximate surface area is 229 Å². The molecule has 2 aliphatic rings. The van der Waals surface area contributed by atoms with Crippen LogP contribution in [0.4, 0.5) is 0 Å². The molecule has 6 nitrogen and oxygen atoms in total. The van der Waals surface area contributed by atoms with Gasteiger partial charge < -0.3 is 20.5 Å². The number of halogens is 1. The predicted molar refractivity (Wildman–Crippen MR) is 151 cm³/mol. The summed E-state index contributed by atoms with van der Waals surface area (Å²) in [6.07, 6.45) is 7.21. The Hall–Kier alpha value is -3.19. The Kier molecular flexibility index (Phi) is 8.42. The van der Waals surface area contributed by atoms with E-state index in [4.69, 9.17) is 32.2 Å². The lowest BCUT2D eigenvalue weighted by Gasteiger charge is -2.30. The van der Waals surface area contributed by atoms with E-state index >= 15 is 0 Å². The summed E-state index contributed by atoms with van der Waals surface area (Å²) in [4.78, 5) is 18.3. The fourth-order valence-corrected chi connectivity index (χ4v) is 5.67. The van der Waals surface area contributed by atoms with Crippen molar-refractivity contribution in [2.45, 2.75) is 44.6 Å². The third kappa shape index (κ3) is 6.26. The minimum absolute atomic E-state index is 0.309. The second-order valence-electron chi connectivity index (χ2n) is 10.1. The Morgan fingerprint density at radius 2 is 1.82 bits per heavy atom. The van der Waals surface area contributed by atoms with Crippen molar-refractivity contribution in [3.8, 4) is 5.75 Å². The Morgan fingerprint density at radius 3 is 2.58 bits per heavy atom. The molecule has 0 amide bonds. The molecule has 0 saturated carbocycles. The number of aliphatic carboxylic acids is 1. The lowest BCUT2D eigenvalue weighted by molar-refractivity contribution is -0.138. The molecule has 1 aliphatic carbocycles. The SMILES string of the molecule is N[C@@H](Cc1ccc(OCCCN2CCC(=C3c4ccc(Cl)cc4CCc4cccnc43)CC2)cc1)C(=O)O. The molecule has 7 heteroatoms. The summed E-state index contributed by atoms with van der Waals surface area (Å²) in [6.45, 7) is 3.70. The normalized spacial score (nSPS) is 16.4. The highest BCUT2D eigenvalue weighted by molar-refractivity contribution is 6.30. The number of nitrogens with zero attached hydrogens (tertiary/aromatic N) is 2. The molecule has 1 fully saturated rings. The Bertz CT molecular complexity index is 1310. The summed E-state index contributed by atoms with van der Waals surface area (Å²) in [7, 11) is 0. The van der Waals surface area contributed by atoms with Crippen molar-refractivity contribution < 1.29 is 14.6 Å². The number of carboxylic acids is 1. The first-order valence-corrected chi connectivity index (χ1v) is 13.7. The van der Waals surface area contributed by atoms with Crippen LogP contribution in [0.5, 0.6) is 5.75 Å².